The van der Waals surface area contributed by atoms with E-state index in [2.05, 4.69) is 0 Å². The third kappa shape index (κ3) is 4.61. The molecule has 98 valence electrons. The Kier molecular flexibility index (Phi) is 4.95. The summed E-state index contributed by atoms with van der Waals surface area (Å²) in [5.74, 6) is 0.765. The maximum absolute atomic E-state index is 10.7. The van der Waals surface area contributed by atoms with Crippen molar-refractivity contribution in [2.45, 2.75) is 6.42 Å². The summed E-state index contributed by atoms with van der Waals surface area (Å²) in [5.41, 5.74) is 0.462. The number of nitrogens with two attached hydrogens (primary N) is 1. The number of hydrogen-bond acceptors (Lipinski definition) is 5. The minimum Gasteiger partial charge on any atom is -0.493 e. The fourth-order valence-corrected chi connectivity index (χ4v) is 1.82. The summed E-state index contributed by atoms with van der Waals surface area (Å²) >= 11 is 0. The van der Waals surface area contributed by atoms with Gasteiger partial charge in [-0.3, -0.25) is 0 Å². The van der Waals surface area contributed by atoms with Crippen LogP contribution in [-0.2, 0) is 10.0 Å². The largest absolute Gasteiger partial charge is 0.493 e. The summed E-state index contributed by atoms with van der Waals surface area (Å²) in [7, 11) is -1.99. The lowest BCUT2D eigenvalue weighted by molar-refractivity contribution is 0.294. The molecule has 18 heavy (non-hydrogen) atoms. The van der Waals surface area contributed by atoms with E-state index in [0.717, 1.165) is 0 Å². The zero-order valence-electron chi connectivity index (χ0n) is 9.92. The van der Waals surface area contributed by atoms with Gasteiger partial charge < -0.3 is 9.47 Å². The van der Waals surface area contributed by atoms with Crippen LogP contribution in [0.5, 0.6) is 11.5 Å². The second-order valence-corrected chi connectivity index (χ2v) is 5.28. The number of benzene rings is 1. The second kappa shape index (κ2) is 6.23. The Labute approximate surface area is 106 Å². The minimum atomic E-state index is -3.46. The molecule has 7 heteroatoms. The monoisotopic (exact) mass is 270 g/mol. The lowest BCUT2D eigenvalue weighted by Gasteiger charge is -2.10. The lowest BCUT2D eigenvalue weighted by Crippen LogP contribution is -2.18. The highest BCUT2D eigenvalue weighted by molar-refractivity contribution is 7.89. The van der Waals surface area contributed by atoms with Gasteiger partial charge >= 0.3 is 0 Å². The van der Waals surface area contributed by atoms with Crippen molar-refractivity contribution in [2.24, 2.45) is 5.14 Å². The number of nitrogens with zero attached hydrogens (tertiary/aromatic N) is 1. The molecule has 0 amide bonds. The molecule has 0 aromatic heterocycles. The van der Waals surface area contributed by atoms with Crippen LogP contribution in [0.3, 0.4) is 0 Å². The average molecular weight is 270 g/mol. The fourth-order valence-electron chi connectivity index (χ4n) is 1.30. The number of sulfonamides is 1. The molecule has 0 radical (unpaired) electrons. The Morgan fingerprint density at radius 1 is 1.39 bits per heavy atom. The maximum Gasteiger partial charge on any atom is 0.209 e. The Hall–Kier alpha value is -1.78. The Balaban J connectivity index is 2.60. The van der Waals surface area contributed by atoms with Gasteiger partial charge in [0.2, 0.25) is 10.0 Å². The molecule has 0 aliphatic carbocycles. The van der Waals surface area contributed by atoms with Gasteiger partial charge in [-0.15, -0.1) is 0 Å². The van der Waals surface area contributed by atoms with Crippen LogP contribution in [0, 0.1) is 11.3 Å². The molecule has 0 atom stereocenters. The van der Waals surface area contributed by atoms with Crippen LogP contribution < -0.4 is 14.6 Å². The number of ether oxygens (including phenoxy) is 2. The van der Waals surface area contributed by atoms with Crippen molar-refractivity contribution in [2.75, 3.05) is 19.5 Å². The van der Waals surface area contributed by atoms with Crippen LogP contribution in [0.25, 0.3) is 0 Å². The molecule has 0 aliphatic rings. The second-order valence-electron chi connectivity index (χ2n) is 3.55. The van der Waals surface area contributed by atoms with Crippen LogP contribution in [0.1, 0.15) is 12.0 Å². The molecular formula is C11H14N2O4S. The first-order valence-electron chi connectivity index (χ1n) is 5.17. The van der Waals surface area contributed by atoms with Gasteiger partial charge in [-0.1, -0.05) is 0 Å². The van der Waals surface area contributed by atoms with Crippen molar-refractivity contribution in [3.63, 3.8) is 0 Å². The highest BCUT2D eigenvalue weighted by atomic mass is 32.2. The predicted octanol–water partition coefficient (Wildman–Crippen LogP) is 0.624. The fraction of sp³-hybridized carbons (Fsp3) is 0.364. The van der Waals surface area contributed by atoms with Crippen molar-refractivity contribution >= 4 is 10.0 Å². The molecule has 0 aliphatic heterocycles. The summed E-state index contributed by atoms with van der Waals surface area (Å²) in [6.07, 6.45) is 0.294. The van der Waals surface area contributed by atoms with Gasteiger partial charge in [-0.25, -0.2) is 13.6 Å². The number of rotatable bonds is 6. The maximum atomic E-state index is 10.7. The van der Waals surface area contributed by atoms with Gasteiger partial charge in [-0.05, 0) is 18.6 Å². The van der Waals surface area contributed by atoms with Crippen LogP contribution in [0.2, 0.25) is 0 Å². The molecule has 1 aromatic rings. The van der Waals surface area contributed by atoms with E-state index in [1.54, 1.807) is 18.2 Å². The standard InChI is InChI=1S/C11H14N2O4S/c1-16-11-7-9(8-12)3-4-10(11)17-5-2-6-18(13,14)15/h3-4,7H,2,5-6H2,1H3,(H2,13,14,15). The topological polar surface area (TPSA) is 102 Å². The van der Waals surface area contributed by atoms with E-state index in [1.807, 2.05) is 6.07 Å². The smallest absolute Gasteiger partial charge is 0.209 e. The molecule has 0 unspecified atom stereocenters. The van der Waals surface area contributed by atoms with Crippen LogP contribution >= 0.6 is 0 Å². The number of nitriles is 1. The van der Waals surface area contributed by atoms with E-state index < -0.39 is 10.0 Å². The Morgan fingerprint density at radius 2 is 2.11 bits per heavy atom. The Morgan fingerprint density at radius 3 is 2.67 bits per heavy atom. The van der Waals surface area contributed by atoms with Crippen molar-refractivity contribution in [3.8, 4) is 17.6 Å². The summed E-state index contributed by atoms with van der Waals surface area (Å²) in [6, 6.07) is 6.74. The van der Waals surface area contributed by atoms with Gasteiger partial charge in [0.15, 0.2) is 11.5 Å². The first-order valence-corrected chi connectivity index (χ1v) is 6.89. The summed E-state index contributed by atoms with van der Waals surface area (Å²) < 4.78 is 31.9. The molecule has 0 fully saturated rings. The van der Waals surface area contributed by atoms with Crippen molar-refractivity contribution in [1.82, 2.24) is 0 Å². The molecular weight excluding hydrogens is 256 g/mol. The molecule has 1 aromatic carbocycles. The summed E-state index contributed by atoms with van der Waals surface area (Å²) in [5, 5.41) is 13.6. The third-order valence-electron chi connectivity index (χ3n) is 2.12. The van der Waals surface area contributed by atoms with E-state index in [9.17, 15) is 8.42 Å². The van der Waals surface area contributed by atoms with Gasteiger partial charge in [0.05, 0.1) is 31.1 Å². The molecule has 0 saturated carbocycles. The van der Waals surface area contributed by atoms with Crippen LogP contribution in [0.4, 0.5) is 0 Å². The lowest BCUT2D eigenvalue weighted by atomic mass is 10.2. The highest BCUT2D eigenvalue weighted by Crippen LogP contribution is 2.27. The van der Waals surface area contributed by atoms with Crippen LogP contribution in [0.15, 0.2) is 18.2 Å². The molecule has 6 nitrogen and oxygen atoms in total. The van der Waals surface area contributed by atoms with E-state index >= 15 is 0 Å². The van der Waals surface area contributed by atoms with Gasteiger partial charge in [0, 0.05) is 6.07 Å². The van der Waals surface area contributed by atoms with Gasteiger partial charge in [0.1, 0.15) is 0 Å². The number of hydrogen-bond donors (Lipinski definition) is 1. The highest BCUT2D eigenvalue weighted by Gasteiger charge is 2.07. The van der Waals surface area contributed by atoms with E-state index in [-0.39, 0.29) is 12.4 Å². The van der Waals surface area contributed by atoms with Crippen molar-refractivity contribution in [3.05, 3.63) is 23.8 Å². The molecule has 0 heterocycles. The number of methoxy groups -OCH3 is 1. The first-order chi connectivity index (χ1) is 8.46. The zero-order valence-corrected chi connectivity index (χ0v) is 10.7. The first kappa shape index (κ1) is 14.3. The molecule has 1 rings (SSSR count). The molecule has 2 N–H and O–H groups in total. The summed E-state index contributed by atoms with van der Waals surface area (Å²) in [6.45, 7) is 0.207. The van der Waals surface area contributed by atoms with Crippen molar-refractivity contribution in [1.29, 1.82) is 5.26 Å². The molecule has 0 spiro atoms. The summed E-state index contributed by atoms with van der Waals surface area (Å²) in [4.78, 5) is 0. The normalized spacial score (nSPS) is 10.7. The Bertz CT molecular complexity index is 549. The predicted molar refractivity (Wildman–Crippen MR) is 65.8 cm³/mol. The minimum absolute atomic E-state index is 0.133. The average Bonchev–Trinajstić information content (AvgIpc) is 2.33. The third-order valence-corrected chi connectivity index (χ3v) is 2.98. The van der Waals surface area contributed by atoms with Gasteiger partial charge in [0.25, 0.3) is 0 Å². The van der Waals surface area contributed by atoms with Crippen LogP contribution in [-0.4, -0.2) is 27.9 Å². The number of primary sulfonamides is 1. The zero-order chi connectivity index (χ0) is 13.6. The van der Waals surface area contributed by atoms with E-state index in [1.165, 1.54) is 7.11 Å². The van der Waals surface area contributed by atoms with E-state index in [0.29, 0.717) is 23.5 Å². The molecule has 0 bridgehead atoms. The molecule has 0 saturated heterocycles. The van der Waals surface area contributed by atoms with Gasteiger partial charge in [-0.2, -0.15) is 5.26 Å². The van der Waals surface area contributed by atoms with Crippen molar-refractivity contribution < 1.29 is 17.9 Å². The quantitative estimate of drug-likeness (QED) is 0.763. The van der Waals surface area contributed by atoms with E-state index in [4.69, 9.17) is 19.9 Å². The SMILES string of the molecule is COc1cc(C#N)ccc1OCCCS(N)(=O)=O.